The summed E-state index contributed by atoms with van der Waals surface area (Å²) in [4.78, 5) is 2.23. The number of anilines is 3. The maximum Gasteiger partial charge on any atom is 0.0540 e. The van der Waals surface area contributed by atoms with E-state index in [9.17, 15) is 5.11 Å². The predicted octanol–water partition coefficient (Wildman–Crippen LogP) is 7.64. The monoisotopic (exact) mass is 417 g/mol. The van der Waals surface area contributed by atoms with Crippen LogP contribution in [-0.4, -0.2) is 11.7 Å². The normalized spacial score (nSPS) is 11.5. The molecule has 0 bridgehead atoms. The molecule has 0 aliphatic heterocycles. The minimum atomic E-state index is -0.142. The fourth-order valence-corrected chi connectivity index (χ4v) is 3.89. The fraction of sp³-hybridized carbons (Fsp3) is 0.0667. The second-order valence-electron chi connectivity index (χ2n) is 7.69. The molecule has 32 heavy (non-hydrogen) atoms. The van der Waals surface area contributed by atoms with Gasteiger partial charge in [0.1, 0.15) is 0 Å². The lowest BCUT2D eigenvalue weighted by Crippen LogP contribution is -2.11. The van der Waals surface area contributed by atoms with Gasteiger partial charge in [-0.25, -0.2) is 0 Å². The molecular formula is C30H27NO. The summed E-state index contributed by atoms with van der Waals surface area (Å²) >= 11 is 0. The Morgan fingerprint density at radius 2 is 1.16 bits per heavy atom. The molecule has 2 nitrogen and oxygen atoms in total. The summed E-state index contributed by atoms with van der Waals surface area (Å²) < 4.78 is 0. The number of aliphatic hydroxyl groups is 1. The van der Waals surface area contributed by atoms with Crippen LogP contribution in [0.2, 0.25) is 0 Å². The average molecular weight is 418 g/mol. The third kappa shape index (κ3) is 4.56. The molecule has 1 atom stereocenters. The third-order valence-electron chi connectivity index (χ3n) is 5.69. The first-order valence-corrected chi connectivity index (χ1v) is 10.7. The Labute approximate surface area is 190 Å². The van der Waals surface area contributed by atoms with Gasteiger partial charge in [-0.3, -0.25) is 0 Å². The Balaban J connectivity index is 1.71. The van der Waals surface area contributed by atoms with E-state index in [4.69, 9.17) is 0 Å². The Kier molecular flexibility index (Phi) is 6.64. The van der Waals surface area contributed by atoms with Crippen LogP contribution < -0.4 is 4.90 Å². The molecule has 4 aromatic carbocycles. The van der Waals surface area contributed by atoms with Gasteiger partial charge < -0.3 is 10.0 Å². The van der Waals surface area contributed by atoms with Crippen LogP contribution in [0, 0.1) is 0 Å². The molecule has 0 radical (unpaired) electrons. The van der Waals surface area contributed by atoms with Crippen LogP contribution in [-0.2, 0) is 0 Å². The number of rotatable bonds is 8. The van der Waals surface area contributed by atoms with E-state index in [0.29, 0.717) is 0 Å². The van der Waals surface area contributed by atoms with Gasteiger partial charge in [0.15, 0.2) is 0 Å². The largest absolute Gasteiger partial charge is 0.395 e. The third-order valence-corrected chi connectivity index (χ3v) is 5.69. The van der Waals surface area contributed by atoms with Gasteiger partial charge in [0.2, 0.25) is 0 Å². The van der Waals surface area contributed by atoms with Crippen LogP contribution in [0.25, 0.3) is 11.1 Å². The zero-order chi connectivity index (χ0) is 22.3. The Morgan fingerprint density at radius 3 is 1.69 bits per heavy atom. The van der Waals surface area contributed by atoms with Gasteiger partial charge in [-0.05, 0) is 58.7 Å². The summed E-state index contributed by atoms with van der Waals surface area (Å²) in [5.41, 5.74) is 7.44. The van der Waals surface area contributed by atoms with Crippen molar-refractivity contribution >= 4 is 17.1 Å². The summed E-state index contributed by atoms with van der Waals surface area (Å²) in [7, 11) is 0. The van der Waals surface area contributed by atoms with Crippen molar-refractivity contribution in [2.24, 2.45) is 0 Å². The quantitative estimate of drug-likeness (QED) is 0.298. The number of para-hydroxylation sites is 1. The fourth-order valence-electron chi connectivity index (χ4n) is 3.89. The van der Waals surface area contributed by atoms with Gasteiger partial charge in [0.05, 0.1) is 6.61 Å². The van der Waals surface area contributed by atoms with Crippen LogP contribution >= 0.6 is 0 Å². The molecule has 2 heteroatoms. The Bertz CT molecular complexity index is 1160. The van der Waals surface area contributed by atoms with Crippen LogP contribution in [0.4, 0.5) is 17.1 Å². The molecule has 0 spiro atoms. The predicted molar refractivity (Wildman–Crippen MR) is 136 cm³/mol. The van der Waals surface area contributed by atoms with E-state index in [1.807, 2.05) is 24.3 Å². The van der Waals surface area contributed by atoms with E-state index >= 15 is 0 Å². The van der Waals surface area contributed by atoms with Crippen molar-refractivity contribution in [2.45, 2.75) is 5.92 Å². The summed E-state index contributed by atoms with van der Waals surface area (Å²) in [6.07, 6.45) is 1.71. The first-order chi connectivity index (χ1) is 15.7. The molecule has 158 valence electrons. The molecule has 0 aliphatic rings. The summed E-state index contributed by atoms with van der Waals surface area (Å²) in [6, 6.07) is 37.6. The lowest BCUT2D eigenvalue weighted by Gasteiger charge is -2.26. The average Bonchev–Trinajstić information content (AvgIpc) is 2.87. The Hall–Kier alpha value is -3.88. The topological polar surface area (TPSA) is 23.5 Å². The SMILES string of the molecule is C=CC(=C)C(CO)c1ccc(N(c2ccccc2)c2ccc(-c3ccccc3)cc2)cc1. The summed E-state index contributed by atoms with van der Waals surface area (Å²) in [5.74, 6) is -0.142. The number of benzene rings is 4. The highest BCUT2D eigenvalue weighted by Gasteiger charge is 2.15. The first kappa shape index (κ1) is 21.4. The van der Waals surface area contributed by atoms with Crippen molar-refractivity contribution in [3.63, 3.8) is 0 Å². The van der Waals surface area contributed by atoms with E-state index in [0.717, 1.165) is 28.2 Å². The van der Waals surface area contributed by atoms with Crippen LogP contribution in [0.3, 0.4) is 0 Å². The van der Waals surface area contributed by atoms with Gasteiger partial charge in [0.25, 0.3) is 0 Å². The molecule has 0 amide bonds. The number of hydrogen-bond acceptors (Lipinski definition) is 2. The van der Waals surface area contributed by atoms with Crippen molar-refractivity contribution in [1.82, 2.24) is 0 Å². The lowest BCUT2D eigenvalue weighted by molar-refractivity contribution is 0.280. The van der Waals surface area contributed by atoms with Crippen molar-refractivity contribution < 1.29 is 5.11 Å². The molecule has 4 rings (SSSR count). The van der Waals surface area contributed by atoms with E-state index in [1.54, 1.807) is 6.08 Å². The van der Waals surface area contributed by atoms with Gasteiger partial charge in [-0.15, -0.1) is 0 Å². The summed E-state index contributed by atoms with van der Waals surface area (Å²) in [6.45, 7) is 7.82. The lowest BCUT2D eigenvalue weighted by atomic mass is 9.92. The second-order valence-corrected chi connectivity index (χ2v) is 7.69. The molecule has 0 aliphatic carbocycles. The van der Waals surface area contributed by atoms with Crippen molar-refractivity contribution in [2.75, 3.05) is 11.5 Å². The highest BCUT2D eigenvalue weighted by Crippen LogP contribution is 2.36. The van der Waals surface area contributed by atoms with Crippen molar-refractivity contribution in [1.29, 1.82) is 0 Å². The highest BCUT2D eigenvalue weighted by atomic mass is 16.3. The van der Waals surface area contributed by atoms with Crippen LogP contribution in [0.1, 0.15) is 11.5 Å². The van der Waals surface area contributed by atoms with E-state index < -0.39 is 0 Å². The van der Waals surface area contributed by atoms with E-state index in [2.05, 4.69) is 103 Å². The molecule has 1 N–H and O–H groups in total. The molecule has 0 fully saturated rings. The number of nitrogens with zero attached hydrogens (tertiary/aromatic N) is 1. The zero-order valence-corrected chi connectivity index (χ0v) is 18.1. The first-order valence-electron chi connectivity index (χ1n) is 10.7. The Morgan fingerprint density at radius 1 is 0.688 bits per heavy atom. The minimum absolute atomic E-state index is 0.00749. The number of hydrogen-bond donors (Lipinski definition) is 1. The molecule has 0 saturated heterocycles. The van der Waals surface area contributed by atoms with Gasteiger partial charge >= 0.3 is 0 Å². The van der Waals surface area contributed by atoms with E-state index in [-0.39, 0.29) is 12.5 Å². The number of allylic oxidation sites excluding steroid dienone is 1. The maximum absolute atomic E-state index is 9.82. The standard InChI is InChI=1S/C30H27NO/c1-3-23(2)30(22-32)26-16-20-29(21-17-26)31(27-12-8-5-9-13-27)28-18-14-25(15-19-28)24-10-6-4-7-11-24/h3-21,30,32H,1-2,22H2. The zero-order valence-electron chi connectivity index (χ0n) is 18.1. The molecule has 4 aromatic rings. The van der Waals surface area contributed by atoms with Crippen LogP contribution in [0.5, 0.6) is 0 Å². The van der Waals surface area contributed by atoms with Crippen molar-refractivity contribution in [3.05, 3.63) is 140 Å². The minimum Gasteiger partial charge on any atom is -0.395 e. The molecule has 0 heterocycles. The maximum atomic E-state index is 9.82. The summed E-state index contributed by atoms with van der Waals surface area (Å²) in [5, 5.41) is 9.82. The van der Waals surface area contributed by atoms with E-state index in [1.165, 1.54) is 11.1 Å². The van der Waals surface area contributed by atoms with Crippen molar-refractivity contribution in [3.8, 4) is 11.1 Å². The van der Waals surface area contributed by atoms with Gasteiger partial charge in [-0.1, -0.05) is 92.0 Å². The van der Waals surface area contributed by atoms with Crippen LogP contribution in [0.15, 0.2) is 134 Å². The molecule has 0 aromatic heterocycles. The number of aliphatic hydroxyl groups excluding tert-OH is 1. The highest BCUT2D eigenvalue weighted by molar-refractivity contribution is 5.78. The smallest absolute Gasteiger partial charge is 0.0540 e. The molecule has 0 saturated carbocycles. The van der Waals surface area contributed by atoms with Gasteiger partial charge in [-0.2, -0.15) is 0 Å². The molecule has 1 unspecified atom stereocenters. The molecular weight excluding hydrogens is 390 g/mol. The second kappa shape index (κ2) is 9.95. The van der Waals surface area contributed by atoms with Gasteiger partial charge in [0, 0.05) is 23.0 Å².